The number of nitrogens with zero attached hydrogens (tertiary/aromatic N) is 2. The van der Waals surface area contributed by atoms with Gasteiger partial charge in [0, 0.05) is 32.2 Å². The molecule has 1 aromatic carbocycles. The lowest BCUT2D eigenvalue weighted by molar-refractivity contribution is 0.315. The highest BCUT2D eigenvalue weighted by molar-refractivity contribution is 14.0. The van der Waals surface area contributed by atoms with E-state index < -0.39 is 0 Å². The van der Waals surface area contributed by atoms with Crippen LogP contribution >= 0.6 is 24.0 Å². The lowest BCUT2D eigenvalue weighted by atomic mass is 10.1. The standard InChI is InChI=1S/C21H34N4O.HI/c1-4-22-21(24-14-18-10-12-25(15-18)19-7-8-19)23-11-9-17-6-5-16(2)20(13-17)26-3;/h5-6,13,18-19H,4,7-12,14-15H2,1-3H3,(H2,22,23,24);1H. The number of hydrogen-bond donors (Lipinski definition) is 2. The number of rotatable bonds is 8. The molecule has 1 aromatic rings. The second-order valence-electron chi connectivity index (χ2n) is 7.58. The number of hydrogen-bond acceptors (Lipinski definition) is 3. The van der Waals surface area contributed by atoms with Crippen LogP contribution in [0.4, 0.5) is 0 Å². The Hall–Kier alpha value is -1.02. The molecule has 0 spiro atoms. The van der Waals surface area contributed by atoms with Crippen LogP contribution in [-0.4, -0.2) is 56.7 Å². The summed E-state index contributed by atoms with van der Waals surface area (Å²) in [6.07, 6.45) is 5.07. The summed E-state index contributed by atoms with van der Waals surface area (Å²) >= 11 is 0. The minimum absolute atomic E-state index is 0. The van der Waals surface area contributed by atoms with Crippen molar-refractivity contribution < 1.29 is 4.74 Å². The molecule has 1 aliphatic heterocycles. The molecule has 0 amide bonds. The third kappa shape index (κ3) is 6.82. The zero-order valence-corrected chi connectivity index (χ0v) is 19.3. The predicted octanol–water partition coefficient (Wildman–Crippen LogP) is 3.20. The number of halogens is 1. The molecule has 3 rings (SSSR count). The summed E-state index contributed by atoms with van der Waals surface area (Å²) in [4.78, 5) is 7.49. The van der Waals surface area contributed by atoms with Crippen LogP contribution in [0, 0.1) is 12.8 Å². The van der Waals surface area contributed by atoms with Crippen molar-refractivity contribution >= 4 is 29.9 Å². The Morgan fingerprint density at radius 2 is 2.07 bits per heavy atom. The van der Waals surface area contributed by atoms with Crippen molar-refractivity contribution in [3.63, 3.8) is 0 Å². The van der Waals surface area contributed by atoms with Gasteiger partial charge in [-0.3, -0.25) is 4.99 Å². The number of benzene rings is 1. The molecule has 6 heteroatoms. The second kappa shape index (κ2) is 11.1. The summed E-state index contributed by atoms with van der Waals surface area (Å²) in [5, 5.41) is 6.85. The van der Waals surface area contributed by atoms with Crippen LogP contribution in [0.2, 0.25) is 0 Å². The third-order valence-corrected chi connectivity index (χ3v) is 5.41. The SMILES string of the molecule is CCNC(=NCC1CCN(C2CC2)C1)NCCc1ccc(C)c(OC)c1.I. The molecule has 0 radical (unpaired) electrons. The van der Waals surface area contributed by atoms with Crippen molar-refractivity contribution in [2.24, 2.45) is 10.9 Å². The molecule has 1 atom stereocenters. The molecule has 5 nitrogen and oxygen atoms in total. The predicted molar refractivity (Wildman–Crippen MR) is 124 cm³/mol. The number of guanidine groups is 1. The van der Waals surface area contributed by atoms with Gasteiger partial charge in [-0.25, -0.2) is 0 Å². The first-order valence-electron chi connectivity index (χ1n) is 10.1. The first-order valence-corrected chi connectivity index (χ1v) is 10.1. The fourth-order valence-corrected chi connectivity index (χ4v) is 3.69. The molecular formula is C21H35IN4O. The van der Waals surface area contributed by atoms with E-state index >= 15 is 0 Å². The van der Waals surface area contributed by atoms with Crippen molar-refractivity contribution in [2.45, 2.75) is 45.6 Å². The number of nitrogens with one attached hydrogen (secondary N) is 2. The number of methoxy groups -OCH3 is 1. The normalized spacial score (nSPS) is 20.3. The van der Waals surface area contributed by atoms with E-state index in [-0.39, 0.29) is 24.0 Å². The maximum Gasteiger partial charge on any atom is 0.191 e. The van der Waals surface area contributed by atoms with Gasteiger partial charge in [0.25, 0.3) is 0 Å². The molecule has 1 saturated carbocycles. The topological polar surface area (TPSA) is 48.9 Å². The third-order valence-electron chi connectivity index (χ3n) is 5.41. The zero-order chi connectivity index (χ0) is 18.4. The monoisotopic (exact) mass is 486 g/mol. The van der Waals surface area contributed by atoms with Crippen LogP contribution in [0.15, 0.2) is 23.2 Å². The van der Waals surface area contributed by atoms with Crippen LogP contribution < -0.4 is 15.4 Å². The van der Waals surface area contributed by atoms with E-state index in [1.165, 1.54) is 43.5 Å². The van der Waals surface area contributed by atoms with E-state index in [2.05, 4.69) is 47.6 Å². The van der Waals surface area contributed by atoms with Gasteiger partial charge in [0.1, 0.15) is 5.75 Å². The molecule has 0 bridgehead atoms. The van der Waals surface area contributed by atoms with Gasteiger partial charge < -0.3 is 20.3 Å². The van der Waals surface area contributed by atoms with Gasteiger partial charge >= 0.3 is 0 Å². The first-order chi connectivity index (χ1) is 12.7. The van der Waals surface area contributed by atoms with Gasteiger partial charge in [-0.1, -0.05) is 12.1 Å². The van der Waals surface area contributed by atoms with E-state index in [9.17, 15) is 0 Å². The Bertz CT molecular complexity index is 618. The van der Waals surface area contributed by atoms with E-state index in [1.807, 2.05) is 0 Å². The van der Waals surface area contributed by atoms with Gasteiger partial charge in [-0.05, 0) is 69.2 Å². The van der Waals surface area contributed by atoms with Gasteiger partial charge in [-0.2, -0.15) is 0 Å². The number of ether oxygens (including phenoxy) is 1. The molecule has 1 unspecified atom stereocenters. The van der Waals surface area contributed by atoms with Crippen molar-refractivity contribution in [1.29, 1.82) is 0 Å². The maximum atomic E-state index is 5.42. The molecule has 1 heterocycles. The number of likely N-dealkylation sites (tertiary alicyclic amines) is 1. The van der Waals surface area contributed by atoms with E-state index in [0.717, 1.165) is 43.8 Å². The molecule has 27 heavy (non-hydrogen) atoms. The zero-order valence-electron chi connectivity index (χ0n) is 17.0. The van der Waals surface area contributed by atoms with E-state index in [4.69, 9.17) is 9.73 Å². The highest BCUT2D eigenvalue weighted by atomic mass is 127. The maximum absolute atomic E-state index is 5.42. The molecule has 2 aliphatic rings. The Morgan fingerprint density at radius 3 is 2.78 bits per heavy atom. The van der Waals surface area contributed by atoms with Crippen LogP contribution in [-0.2, 0) is 6.42 Å². The smallest absolute Gasteiger partial charge is 0.191 e. The average molecular weight is 486 g/mol. The van der Waals surface area contributed by atoms with Crippen LogP contribution in [0.3, 0.4) is 0 Å². The minimum atomic E-state index is 0. The van der Waals surface area contributed by atoms with Gasteiger partial charge in [0.15, 0.2) is 5.96 Å². The fraction of sp³-hybridized carbons (Fsp3) is 0.667. The highest BCUT2D eigenvalue weighted by Gasteiger charge is 2.34. The van der Waals surface area contributed by atoms with Crippen molar-refractivity contribution in [1.82, 2.24) is 15.5 Å². The van der Waals surface area contributed by atoms with Gasteiger partial charge in [-0.15, -0.1) is 24.0 Å². The Balaban J connectivity index is 0.00000261. The van der Waals surface area contributed by atoms with Gasteiger partial charge in [0.2, 0.25) is 0 Å². The van der Waals surface area contributed by atoms with Crippen LogP contribution in [0.5, 0.6) is 5.75 Å². The highest BCUT2D eigenvalue weighted by Crippen LogP contribution is 2.31. The number of aryl methyl sites for hydroxylation is 1. The van der Waals surface area contributed by atoms with Crippen LogP contribution in [0.25, 0.3) is 0 Å². The summed E-state index contributed by atoms with van der Waals surface area (Å²) in [7, 11) is 1.73. The quantitative estimate of drug-likeness (QED) is 0.337. The second-order valence-corrected chi connectivity index (χ2v) is 7.58. The molecule has 2 N–H and O–H groups in total. The Kier molecular flexibility index (Phi) is 9.15. The average Bonchev–Trinajstić information content (AvgIpc) is 3.39. The minimum Gasteiger partial charge on any atom is -0.496 e. The molecule has 0 aromatic heterocycles. The van der Waals surface area contributed by atoms with Crippen LogP contribution in [0.1, 0.15) is 37.3 Å². The summed E-state index contributed by atoms with van der Waals surface area (Å²) < 4.78 is 5.42. The lowest BCUT2D eigenvalue weighted by Crippen LogP contribution is -2.38. The Labute approximate surface area is 181 Å². The summed E-state index contributed by atoms with van der Waals surface area (Å²) in [5.41, 5.74) is 2.46. The summed E-state index contributed by atoms with van der Waals surface area (Å²) in [6, 6.07) is 7.32. The summed E-state index contributed by atoms with van der Waals surface area (Å²) in [5.74, 6) is 2.62. The largest absolute Gasteiger partial charge is 0.496 e. The molecule has 152 valence electrons. The van der Waals surface area contributed by atoms with E-state index in [1.54, 1.807) is 7.11 Å². The van der Waals surface area contributed by atoms with Crippen molar-refractivity contribution in [2.75, 3.05) is 39.8 Å². The molecular weight excluding hydrogens is 451 g/mol. The summed E-state index contributed by atoms with van der Waals surface area (Å²) in [6.45, 7) is 9.38. The van der Waals surface area contributed by atoms with Gasteiger partial charge in [0.05, 0.1) is 7.11 Å². The first kappa shape index (κ1) is 22.3. The molecule has 1 aliphatic carbocycles. The lowest BCUT2D eigenvalue weighted by Gasteiger charge is -2.15. The number of aliphatic imine (C=N–C) groups is 1. The molecule has 1 saturated heterocycles. The van der Waals surface area contributed by atoms with Crippen molar-refractivity contribution in [3.8, 4) is 5.75 Å². The Morgan fingerprint density at radius 1 is 1.26 bits per heavy atom. The van der Waals surface area contributed by atoms with E-state index in [0.29, 0.717) is 5.92 Å². The molecule has 2 fully saturated rings. The fourth-order valence-electron chi connectivity index (χ4n) is 3.69. The van der Waals surface area contributed by atoms with Crippen molar-refractivity contribution in [3.05, 3.63) is 29.3 Å².